The summed E-state index contributed by atoms with van der Waals surface area (Å²) in [6, 6.07) is 24.6. The van der Waals surface area contributed by atoms with Gasteiger partial charge in [-0.1, -0.05) is 12.1 Å². The van der Waals surface area contributed by atoms with Gasteiger partial charge >= 0.3 is 0 Å². The van der Waals surface area contributed by atoms with Gasteiger partial charge in [-0.15, -0.1) is 0 Å². The van der Waals surface area contributed by atoms with Gasteiger partial charge in [0.1, 0.15) is 11.5 Å². The average molecular weight is 425 g/mol. The molecule has 6 heteroatoms. The van der Waals surface area contributed by atoms with E-state index in [0.29, 0.717) is 5.95 Å². The highest BCUT2D eigenvalue weighted by Gasteiger charge is 2.09. The zero-order chi connectivity index (χ0) is 22.5. The Hall–Kier alpha value is -4.19. The van der Waals surface area contributed by atoms with Crippen molar-refractivity contribution in [1.29, 1.82) is 0 Å². The molecule has 3 aromatic carbocycles. The van der Waals surface area contributed by atoms with Gasteiger partial charge in [0.2, 0.25) is 5.95 Å². The number of hydrogen-bond acceptors (Lipinski definition) is 6. The Balaban J connectivity index is 1.72. The van der Waals surface area contributed by atoms with Crippen molar-refractivity contribution in [2.75, 3.05) is 26.1 Å². The fourth-order valence-corrected chi connectivity index (χ4v) is 3.17. The summed E-state index contributed by atoms with van der Waals surface area (Å²) >= 11 is 0. The quantitative estimate of drug-likeness (QED) is 0.423. The Morgan fingerprint density at radius 1 is 0.812 bits per heavy atom. The Labute approximate surface area is 187 Å². The van der Waals surface area contributed by atoms with Gasteiger partial charge in [0.25, 0.3) is 0 Å². The zero-order valence-corrected chi connectivity index (χ0v) is 18.2. The van der Waals surface area contributed by atoms with Crippen LogP contribution in [-0.4, -0.2) is 42.5 Å². The molecule has 0 spiro atoms. The molecule has 32 heavy (non-hydrogen) atoms. The molecular formula is C26H24N4O2. The molecule has 0 aliphatic rings. The molecule has 6 nitrogen and oxygen atoms in total. The Bertz CT molecular complexity index is 1220. The lowest BCUT2D eigenvalue weighted by atomic mass is 10.1. The Morgan fingerprint density at radius 3 is 1.91 bits per heavy atom. The number of ether oxygens (including phenoxy) is 1. The van der Waals surface area contributed by atoms with Crippen LogP contribution in [0.1, 0.15) is 5.56 Å². The van der Waals surface area contributed by atoms with Gasteiger partial charge < -0.3 is 14.7 Å². The van der Waals surface area contributed by atoms with Crippen molar-refractivity contribution in [3.8, 4) is 34.0 Å². The van der Waals surface area contributed by atoms with Crippen molar-refractivity contribution >= 4 is 17.9 Å². The number of nitrogens with zero attached hydrogens (tertiary/aromatic N) is 4. The van der Waals surface area contributed by atoms with Gasteiger partial charge in [0.15, 0.2) is 0 Å². The number of aromatic hydroxyl groups is 1. The predicted octanol–water partition coefficient (Wildman–Crippen LogP) is 5.34. The van der Waals surface area contributed by atoms with Gasteiger partial charge in [-0.05, 0) is 72.3 Å². The number of anilines is 1. The molecular weight excluding hydrogens is 400 g/mol. The van der Waals surface area contributed by atoms with E-state index >= 15 is 0 Å². The molecule has 0 unspecified atom stereocenters. The normalized spacial score (nSPS) is 11.0. The second-order valence-corrected chi connectivity index (χ2v) is 7.46. The molecule has 0 bridgehead atoms. The van der Waals surface area contributed by atoms with Gasteiger partial charge in [-0.25, -0.2) is 15.0 Å². The molecule has 0 radical (unpaired) electrons. The van der Waals surface area contributed by atoms with E-state index < -0.39 is 0 Å². The van der Waals surface area contributed by atoms with Crippen molar-refractivity contribution < 1.29 is 9.84 Å². The largest absolute Gasteiger partial charge is 0.508 e. The second-order valence-electron chi connectivity index (χ2n) is 7.46. The number of phenols is 1. The van der Waals surface area contributed by atoms with E-state index in [9.17, 15) is 5.11 Å². The fraction of sp³-hybridized carbons (Fsp3) is 0.115. The maximum atomic E-state index is 9.63. The van der Waals surface area contributed by atoms with E-state index in [1.54, 1.807) is 25.5 Å². The van der Waals surface area contributed by atoms with Crippen LogP contribution in [0, 0.1) is 0 Å². The van der Waals surface area contributed by atoms with Crippen molar-refractivity contribution in [2.45, 2.75) is 0 Å². The monoisotopic (exact) mass is 424 g/mol. The highest BCUT2D eigenvalue weighted by molar-refractivity contribution is 5.82. The number of aliphatic imine (C=N–C) groups is 1. The standard InChI is InChI=1S/C26H24N4O2/c1-30(2)21-10-4-18(5-11-21)17-27-26-28-24(19-6-12-22(31)13-7-19)16-25(29-26)20-8-14-23(32-3)15-9-20/h4-17,31H,1-3H3/b27-17+. The smallest absolute Gasteiger partial charge is 0.250 e. The van der Waals surface area contributed by atoms with Crippen LogP contribution in [0.4, 0.5) is 11.6 Å². The van der Waals surface area contributed by atoms with E-state index in [1.165, 1.54) is 0 Å². The van der Waals surface area contributed by atoms with Gasteiger partial charge in [0, 0.05) is 37.1 Å². The summed E-state index contributed by atoms with van der Waals surface area (Å²) in [7, 11) is 5.65. The number of aromatic nitrogens is 2. The molecule has 0 aliphatic carbocycles. The zero-order valence-electron chi connectivity index (χ0n) is 18.2. The van der Waals surface area contributed by atoms with Crippen LogP contribution in [0.5, 0.6) is 11.5 Å². The SMILES string of the molecule is COc1ccc(-c2cc(-c3ccc(O)cc3)nc(/N=C/c3ccc(N(C)C)cc3)n2)cc1. The highest BCUT2D eigenvalue weighted by atomic mass is 16.5. The molecule has 160 valence electrons. The van der Waals surface area contributed by atoms with E-state index in [0.717, 1.165) is 39.5 Å². The first-order valence-electron chi connectivity index (χ1n) is 10.2. The van der Waals surface area contributed by atoms with Gasteiger partial charge in [-0.3, -0.25) is 0 Å². The molecule has 1 heterocycles. The number of benzene rings is 3. The maximum absolute atomic E-state index is 9.63. The van der Waals surface area contributed by atoms with Gasteiger partial charge in [0.05, 0.1) is 18.5 Å². The van der Waals surface area contributed by atoms with Crippen LogP contribution in [0.3, 0.4) is 0 Å². The van der Waals surface area contributed by atoms with Crippen molar-refractivity contribution in [3.05, 3.63) is 84.4 Å². The first-order chi connectivity index (χ1) is 15.5. The lowest BCUT2D eigenvalue weighted by Gasteiger charge is -2.11. The molecule has 0 aliphatic heterocycles. The van der Waals surface area contributed by atoms with Crippen LogP contribution < -0.4 is 9.64 Å². The molecule has 0 atom stereocenters. The minimum absolute atomic E-state index is 0.206. The summed E-state index contributed by atoms with van der Waals surface area (Å²) in [6.07, 6.45) is 1.76. The van der Waals surface area contributed by atoms with Gasteiger partial charge in [-0.2, -0.15) is 0 Å². The highest BCUT2D eigenvalue weighted by Crippen LogP contribution is 2.28. The molecule has 0 saturated carbocycles. The summed E-state index contributed by atoms with van der Waals surface area (Å²) in [5, 5.41) is 9.63. The number of rotatable bonds is 6. The molecule has 0 amide bonds. The van der Waals surface area contributed by atoms with Crippen LogP contribution in [0.15, 0.2) is 83.9 Å². The summed E-state index contributed by atoms with van der Waals surface area (Å²) in [5.74, 6) is 1.34. The van der Waals surface area contributed by atoms with Crippen LogP contribution in [0.25, 0.3) is 22.5 Å². The third-order valence-corrected chi connectivity index (χ3v) is 5.00. The van der Waals surface area contributed by atoms with E-state index in [2.05, 4.69) is 15.0 Å². The molecule has 4 aromatic rings. The van der Waals surface area contributed by atoms with Crippen molar-refractivity contribution in [2.24, 2.45) is 4.99 Å². The number of hydrogen-bond donors (Lipinski definition) is 1. The van der Waals surface area contributed by atoms with Crippen molar-refractivity contribution in [1.82, 2.24) is 9.97 Å². The molecule has 1 aromatic heterocycles. The summed E-state index contributed by atoms with van der Waals surface area (Å²) in [5.41, 5.74) is 5.35. The van der Waals surface area contributed by atoms with Crippen LogP contribution in [-0.2, 0) is 0 Å². The molecule has 0 saturated heterocycles. The van der Waals surface area contributed by atoms with E-state index in [4.69, 9.17) is 4.74 Å². The average Bonchev–Trinajstić information content (AvgIpc) is 2.83. The minimum Gasteiger partial charge on any atom is -0.508 e. The number of methoxy groups -OCH3 is 1. The van der Waals surface area contributed by atoms with Crippen molar-refractivity contribution in [3.63, 3.8) is 0 Å². The lowest BCUT2D eigenvalue weighted by molar-refractivity contribution is 0.415. The predicted molar refractivity (Wildman–Crippen MR) is 129 cm³/mol. The molecule has 4 rings (SSSR count). The molecule has 0 fully saturated rings. The summed E-state index contributed by atoms with van der Waals surface area (Å²) in [6.45, 7) is 0. The van der Waals surface area contributed by atoms with E-state index in [-0.39, 0.29) is 5.75 Å². The summed E-state index contributed by atoms with van der Waals surface area (Å²) < 4.78 is 5.26. The lowest BCUT2D eigenvalue weighted by Crippen LogP contribution is -2.08. The molecule has 1 N–H and O–H groups in total. The first kappa shape index (κ1) is 21.1. The number of phenolic OH excluding ortho intramolecular Hbond substituents is 1. The van der Waals surface area contributed by atoms with Crippen LogP contribution in [0.2, 0.25) is 0 Å². The topological polar surface area (TPSA) is 70.8 Å². The summed E-state index contributed by atoms with van der Waals surface area (Å²) in [4.78, 5) is 15.9. The van der Waals surface area contributed by atoms with Crippen LogP contribution >= 0.6 is 0 Å². The maximum Gasteiger partial charge on any atom is 0.250 e. The Morgan fingerprint density at radius 2 is 1.38 bits per heavy atom. The fourth-order valence-electron chi connectivity index (χ4n) is 3.17. The van der Waals surface area contributed by atoms with E-state index in [1.807, 2.05) is 85.7 Å². The third kappa shape index (κ3) is 4.92. The minimum atomic E-state index is 0.206. The Kier molecular flexibility index (Phi) is 6.12. The third-order valence-electron chi connectivity index (χ3n) is 5.00. The first-order valence-corrected chi connectivity index (χ1v) is 10.2. The second kappa shape index (κ2) is 9.31.